The Morgan fingerprint density at radius 3 is 1.48 bits per heavy atom. The van der Waals surface area contributed by atoms with Crippen LogP contribution in [-0.2, 0) is 6.42 Å². The Bertz CT molecular complexity index is 1570. The number of aryl methyl sites for hydroxylation is 1. The molecule has 2 aliphatic heterocycles. The molecule has 8 bridgehead atoms. The van der Waals surface area contributed by atoms with Gasteiger partial charge in [0.1, 0.15) is 0 Å². The van der Waals surface area contributed by atoms with Gasteiger partial charge in [0.05, 0.1) is 22.8 Å². The van der Waals surface area contributed by atoms with E-state index >= 15 is 0 Å². The van der Waals surface area contributed by atoms with Crippen molar-refractivity contribution < 1.29 is 0 Å². The van der Waals surface area contributed by atoms with Crippen molar-refractivity contribution >= 4 is 46.4 Å². The third-order valence-electron chi connectivity index (χ3n) is 9.74. The lowest BCUT2D eigenvalue weighted by Gasteiger charge is -2.17. The first-order chi connectivity index (χ1) is 22.7. The van der Waals surface area contributed by atoms with Gasteiger partial charge in [0, 0.05) is 22.1 Å². The van der Waals surface area contributed by atoms with Crippen LogP contribution in [0, 0.1) is 5.92 Å². The lowest BCUT2D eigenvalue weighted by Crippen LogP contribution is -2.02. The second-order valence-electron chi connectivity index (χ2n) is 13.8. The molecule has 0 saturated carbocycles. The maximum atomic E-state index is 4.91. The molecule has 0 aliphatic carbocycles. The molecular formula is C42H58N4. The van der Waals surface area contributed by atoms with E-state index in [-0.39, 0.29) is 0 Å². The molecule has 5 rings (SSSR count). The molecule has 1 atom stereocenters. The van der Waals surface area contributed by atoms with Crippen LogP contribution >= 0.6 is 0 Å². The third-order valence-corrected chi connectivity index (χ3v) is 9.74. The van der Waals surface area contributed by atoms with Gasteiger partial charge in [-0.2, -0.15) is 0 Å². The van der Waals surface area contributed by atoms with Gasteiger partial charge in [-0.3, -0.25) is 0 Å². The first-order valence-corrected chi connectivity index (χ1v) is 18.8. The molecule has 0 fully saturated rings. The molecule has 0 radical (unpaired) electrons. The molecule has 5 heterocycles. The van der Waals surface area contributed by atoms with Gasteiger partial charge < -0.3 is 9.97 Å². The van der Waals surface area contributed by atoms with Crippen LogP contribution in [0.2, 0.25) is 0 Å². The highest BCUT2D eigenvalue weighted by Gasteiger charge is 2.11. The topological polar surface area (TPSA) is 57.4 Å². The number of rotatable bonds is 20. The van der Waals surface area contributed by atoms with Crippen LogP contribution in [0.25, 0.3) is 46.4 Å². The summed E-state index contributed by atoms with van der Waals surface area (Å²) in [6.07, 6.45) is 34.6. The number of hydrogen-bond donors (Lipinski definition) is 2. The Morgan fingerprint density at radius 2 is 0.935 bits per heavy atom. The van der Waals surface area contributed by atoms with Crippen LogP contribution in [0.3, 0.4) is 0 Å². The van der Waals surface area contributed by atoms with Gasteiger partial charge in [-0.25, -0.2) is 9.97 Å². The molecule has 0 saturated heterocycles. The summed E-state index contributed by atoms with van der Waals surface area (Å²) in [6.45, 7) is 4.62. The van der Waals surface area contributed by atoms with Gasteiger partial charge in [-0.05, 0) is 91.1 Å². The molecule has 3 aromatic rings. The highest BCUT2D eigenvalue weighted by atomic mass is 14.8. The van der Waals surface area contributed by atoms with Gasteiger partial charge in [0.2, 0.25) is 0 Å². The van der Waals surface area contributed by atoms with Crippen molar-refractivity contribution in [2.45, 2.75) is 136 Å². The Hall–Kier alpha value is -3.40. The number of fused-ring (bicyclic) bond motifs is 8. The normalized spacial score (nSPS) is 13.1. The number of H-pyrrole nitrogens is 2. The van der Waals surface area contributed by atoms with E-state index in [1.807, 2.05) is 0 Å². The molecule has 2 aliphatic rings. The second-order valence-corrected chi connectivity index (χ2v) is 13.8. The first kappa shape index (κ1) is 33.9. The Kier molecular flexibility index (Phi) is 13.8. The van der Waals surface area contributed by atoms with Crippen LogP contribution in [0.4, 0.5) is 0 Å². The lowest BCUT2D eigenvalue weighted by atomic mass is 9.89. The van der Waals surface area contributed by atoms with E-state index in [2.05, 4.69) is 90.6 Å². The van der Waals surface area contributed by atoms with E-state index in [4.69, 9.17) is 9.97 Å². The smallest absolute Gasteiger partial charge is 0.0658 e. The lowest BCUT2D eigenvalue weighted by molar-refractivity contribution is 0.372. The van der Waals surface area contributed by atoms with Crippen molar-refractivity contribution in [2.24, 2.45) is 5.92 Å². The highest BCUT2D eigenvalue weighted by molar-refractivity contribution is 5.78. The average Bonchev–Trinajstić information content (AvgIpc) is 3.86. The zero-order chi connectivity index (χ0) is 31.8. The predicted octanol–water partition coefficient (Wildman–Crippen LogP) is 12.9. The minimum absolute atomic E-state index is 0.865. The van der Waals surface area contributed by atoms with Crippen molar-refractivity contribution in [1.29, 1.82) is 0 Å². The van der Waals surface area contributed by atoms with Gasteiger partial charge >= 0.3 is 0 Å². The fraction of sp³-hybridized carbons (Fsp3) is 0.524. The minimum Gasteiger partial charge on any atom is -0.355 e. The maximum Gasteiger partial charge on any atom is 0.0658 e. The van der Waals surface area contributed by atoms with Crippen LogP contribution < -0.4 is 0 Å². The molecule has 4 nitrogen and oxygen atoms in total. The summed E-state index contributed by atoms with van der Waals surface area (Å²) in [6, 6.07) is 15.1. The highest BCUT2D eigenvalue weighted by Crippen LogP contribution is 2.26. The third kappa shape index (κ3) is 11.1. The summed E-state index contributed by atoms with van der Waals surface area (Å²) in [7, 11) is 0. The van der Waals surface area contributed by atoms with Gasteiger partial charge in [0.25, 0.3) is 0 Å². The monoisotopic (exact) mass is 618 g/mol. The van der Waals surface area contributed by atoms with Gasteiger partial charge in [0.15, 0.2) is 0 Å². The molecule has 46 heavy (non-hydrogen) atoms. The van der Waals surface area contributed by atoms with Crippen LogP contribution in [0.5, 0.6) is 0 Å². The van der Waals surface area contributed by atoms with E-state index in [1.54, 1.807) is 0 Å². The number of hydrogen-bond acceptors (Lipinski definition) is 2. The standard InChI is InChI=1S/C42H58N4/c1-3-5-7-9-11-12-14-16-19-33(18-15-13-10-8-6-4-2)20-17-21-34-28-41-31-39-25-24-37(44-39)29-35-22-23-36(43-35)30-38-26-27-40(45-38)32-42(34)46-41/h22-33,43,46H,3-21H2,1-2H3. The second kappa shape index (κ2) is 18.7. The summed E-state index contributed by atoms with van der Waals surface area (Å²) >= 11 is 0. The fourth-order valence-corrected chi connectivity index (χ4v) is 7.08. The zero-order valence-electron chi connectivity index (χ0n) is 28.8. The molecule has 0 amide bonds. The number of nitrogens with one attached hydrogen (secondary N) is 2. The van der Waals surface area contributed by atoms with E-state index in [1.165, 1.54) is 127 Å². The fourth-order valence-electron chi connectivity index (χ4n) is 7.08. The quantitative estimate of drug-likeness (QED) is 0.0853. The van der Waals surface area contributed by atoms with Crippen molar-refractivity contribution in [3.63, 3.8) is 0 Å². The minimum atomic E-state index is 0.865. The summed E-state index contributed by atoms with van der Waals surface area (Å²) in [5.41, 5.74) is 9.69. The van der Waals surface area contributed by atoms with Crippen molar-refractivity contribution in [2.75, 3.05) is 0 Å². The maximum absolute atomic E-state index is 4.91. The summed E-state index contributed by atoms with van der Waals surface area (Å²) < 4.78 is 0. The van der Waals surface area contributed by atoms with Gasteiger partial charge in [-0.15, -0.1) is 0 Å². The van der Waals surface area contributed by atoms with Crippen molar-refractivity contribution in [3.8, 4) is 0 Å². The summed E-state index contributed by atoms with van der Waals surface area (Å²) in [5, 5.41) is 0. The summed E-state index contributed by atoms with van der Waals surface area (Å²) in [4.78, 5) is 17.0. The van der Waals surface area contributed by atoms with E-state index in [0.29, 0.717) is 0 Å². The first-order valence-electron chi connectivity index (χ1n) is 18.8. The van der Waals surface area contributed by atoms with E-state index in [0.717, 1.165) is 51.7 Å². The molecule has 0 aromatic carbocycles. The van der Waals surface area contributed by atoms with Gasteiger partial charge in [-0.1, -0.05) is 123 Å². The Labute approximate surface area is 278 Å². The molecule has 2 N–H and O–H groups in total. The molecular weight excluding hydrogens is 560 g/mol. The van der Waals surface area contributed by atoms with Crippen LogP contribution in [0.1, 0.15) is 158 Å². The Morgan fingerprint density at radius 1 is 0.478 bits per heavy atom. The molecule has 0 spiro atoms. The van der Waals surface area contributed by atoms with E-state index in [9.17, 15) is 0 Å². The SMILES string of the molecule is CCCCCCCCCCC(CCCCCCCC)CCCc1cc2cc3nc(cc4ccc(cc5nc(cc1[nH]2)C=C5)[nH]4)C=C3. The molecule has 246 valence electrons. The largest absolute Gasteiger partial charge is 0.355 e. The predicted molar refractivity (Wildman–Crippen MR) is 201 cm³/mol. The number of aromatic nitrogens is 4. The van der Waals surface area contributed by atoms with Crippen molar-refractivity contribution in [3.05, 3.63) is 70.8 Å². The molecule has 4 heteroatoms. The van der Waals surface area contributed by atoms with E-state index < -0.39 is 0 Å². The number of nitrogens with zero attached hydrogens (tertiary/aromatic N) is 2. The van der Waals surface area contributed by atoms with Crippen molar-refractivity contribution in [1.82, 2.24) is 19.9 Å². The molecule has 3 aromatic heterocycles. The van der Waals surface area contributed by atoms with Crippen LogP contribution in [0.15, 0.2) is 42.5 Å². The molecule has 1 unspecified atom stereocenters. The zero-order valence-corrected chi connectivity index (χ0v) is 28.8. The van der Waals surface area contributed by atoms with Crippen LogP contribution in [-0.4, -0.2) is 19.9 Å². The summed E-state index contributed by atoms with van der Waals surface area (Å²) in [5.74, 6) is 0.865. The number of unbranched alkanes of at least 4 members (excludes halogenated alkanes) is 12. The average molecular weight is 619 g/mol. The number of aromatic amines is 2. The Balaban J connectivity index is 1.27.